The molecule has 0 bridgehead atoms. The first-order valence-electron chi connectivity index (χ1n) is 5.52. The molecule has 0 spiro atoms. The summed E-state index contributed by atoms with van der Waals surface area (Å²) >= 11 is 0. The maximum atomic E-state index is 11.7. The van der Waals surface area contributed by atoms with E-state index in [9.17, 15) is 9.59 Å². The van der Waals surface area contributed by atoms with Crippen molar-refractivity contribution in [2.45, 2.75) is 38.3 Å². The minimum atomic E-state index is -0.496. The van der Waals surface area contributed by atoms with E-state index in [-0.39, 0.29) is 30.1 Å². The van der Waals surface area contributed by atoms with Gasteiger partial charge in [-0.05, 0) is 6.42 Å². The molecule has 2 amide bonds. The van der Waals surface area contributed by atoms with E-state index in [1.807, 2.05) is 6.92 Å². The summed E-state index contributed by atoms with van der Waals surface area (Å²) in [5, 5.41) is 14.4. The van der Waals surface area contributed by atoms with Crippen LogP contribution in [0, 0.1) is 0 Å². The number of hydrogen-bond donors (Lipinski definition) is 3. The van der Waals surface area contributed by atoms with E-state index in [0.717, 1.165) is 11.3 Å². The third kappa shape index (κ3) is 3.16. The van der Waals surface area contributed by atoms with Crippen molar-refractivity contribution in [2.75, 3.05) is 7.05 Å². The van der Waals surface area contributed by atoms with Crippen LogP contribution in [0.25, 0.3) is 0 Å². The van der Waals surface area contributed by atoms with Crippen molar-refractivity contribution in [3.63, 3.8) is 0 Å². The Morgan fingerprint density at radius 1 is 1.71 bits per heavy atom. The first-order valence-corrected chi connectivity index (χ1v) is 5.52. The normalized spacial score (nSPS) is 23.3. The monoisotopic (exact) mass is 242 g/mol. The number of imide groups is 1. The molecule has 1 aliphatic rings. The van der Waals surface area contributed by atoms with Crippen LogP contribution in [0.4, 0.5) is 0 Å². The Morgan fingerprint density at radius 3 is 2.76 bits per heavy atom. The van der Waals surface area contributed by atoms with Crippen LogP contribution < -0.4 is 11.1 Å². The van der Waals surface area contributed by atoms with Gasteiger partial charge in [0.25, 0.3) is 0 Å². The van der Waals surface area contributed by atoms with Crippen molar-refractivity contribution in [1.29, 1.82) is 0 Å². The summed E-state index contributed by atoms with van der Waals surface area (Å²) in [5.74, 6) is -0.311. The summed E-state index contributed by atoms with van der Waals surface area (Å²) in [6, 6.07) is -0.580. The largest absolute Gasteiger partial charge is 0.409 e. The first-order chi connectivity index (χ1) is 7.99. The van der Waals surface area contributed by atoms with Gasteiger partial charge >= 0.3 is 0 Å². The van der Waals surface area contributed by atoms with Crippen LogP contribution in [-0.2, 0) is 9.59 Å². The lowest BCUT2D eigenvalue weighted by molar-refractivity contribution is -0.137. The van der Waals surface area contributed by atoms with Gasteiger partial charge in [0.2, 0.25) is 11.8 Å². The zero-order chi connectivity index (χ0) is 13.0. The van der Waals surface area contributed by atoms with Gasteiger partial charge in [-0.3, -0.25) is 14.5 Å². The van der Waals surface area contributed by atoms with E-state index >= 15 is 0 Å². The van der Waals surface area contributed by atoms with Crippen molar-refractivity contribution in [3.05, 3.63) is 0 Å². The number of likely N-dealkylation sites (N-methyl/N-ethyl adjacent to an activating group) is 1. The lowest BCUT2D eigenvalue weighted by atomic mass is 10.1. The molecule has 0 saturated carbocycles. The molecular formula is C10H18N4O3. The molecule has 2 atom stereocenters. The van der Waals surface area contributed by atoms with E-state index in [0.29, 0.717) is 6.42 Å². The Balaban J connectivity index is 2.58. The predicted molar refractivity (Wildman–Crippen MR) is 61.4 cm³/mol. The molecule has 4 N–H and O–H groups in total. The van der Waals surface area contributed by atoms with Gasteiger partial charge in [0.05, 0.1) is 12.5 Å². The highest BCUT2D eigenvalue weighted by Gasteiger charge is 2.36. The average Bonchev–Trinajstić information content (AvgIpc) is 2.55. The van der Waals surface area contributed by atoms with Crippen LogP contribution in [0.1, 0.15) is 26.2 Å². The molecule has 0 radical (unpaired) electrons. The second-order valence-electron chi connectivity index (χ2n) is 4.12. The van der Waals surface area contributed by atoms with Gasteiger partial charge in [0.15, 0.2) is 0 Å². The summed E-state index contributed by atoms with van der Waals surface area (Å²) in [5.41, 5.74) is 5.41. The second-order valence-corrected chi connectivity index (χ2v) is 4.12. The zero-order valence-electron chi connectivity index (χ0n) is 10.0. The highest BCUT2D eigenvalue weighted by Crippen LogP contribution is 2.12. The lowest BCUT2D eigenvalue weighted by Crippen LogP contribution is -2.44. The Labute approximate surface area is 99.6 Å². The Kier molecular flexibility index (Phi) is 4.45. The molecule has 7 heteroatoms. The number of nitrogens with two attached hydrogens (primary N) is 1. The molecule has 7 nitrogen and oxygen atoms in total. The zero-order valence-corrected chi connectivity index (χ0v) is 10.0. The minimum absolute atomic E-state index is 0.0841. The molecule has 0 aliphatic carbocycles. The number of rotatable bonds is 5. The number of oxime groups is 1. The number of carbonyl (C=O) groups excluding carboxylic acids is 2. The third-order valence-electron chi connectivity index (χ3n) is 2.90. The number of likely N-dealkylation sites (tertiary alicyclic amines) is 1. The minimum Gasteiger partial charge on any atom is -0.409 e. The molecule has 2 unspecified atom stereocenters. The summed E-state index contributed by atoms with van der Waals surface area (Å²) < 4.78 is 0. The van der Waals surface area contributed by atoms with Gasteiger partial charge in [-0.2, -0.15) is 0 Å². The number of amidine groups is 1. The number of amides is 2. The van der Waals surface area contributed by atoms with Gasteiger partial charge in [-0.15, -0.1) is 0 Å². The van der Waals surface area contributed by atoms with Crippen LogP contribution >= 0.6 is 0 Å². The lowest BCUT2D eigenvalue weighted by Gasteiger charge is -2.19. The average molecular weight is 242 g/mol. The Hall–Kier alpha value is -1.63. The molecule has 1 fully saturated rings. The van der Waals surface area contributed by atoms with Gasteiger partial charge in [-0.25, -0.2) is 0 Å². The third-order valence-corrected chi connectivity index (χ3v) is 2.90. The quantitative estimate of drug-likeness (QED) is 0.193. The van der Waals surface area contributed by atoms with E-state index < -0.39 is 6.04 Å². The van der Waals surface area contributed by atoms with Crippen molar-refractivity contribution >= 4 is 17.6 Å². The molecule has 17 heavy (non-hydrogen) atoms. The van der Waals surface area contributed by atoms with Crippen LogP contribution in [0.3, 0.4) is 0 Å². The maximum Gasteiger partial charge on any atom is 0.246 e. The number of carbonyl (C=O) groups is 2. The standard InChI is InChI=1S/C10H18N4O3/c1-3-6(4-8(11)13-17)12-7-5-9(15)14(2)10(7)16/h6-7,12,17H,3-5H2,1-2H3,(H2,11,13). The smallest absolute Gasteiger partial charge is 0.246 e. The Morgan fingerprint density at radius 2 is 2.35 bits per heavy atom. The molecular weight excluding hydrogens is 224 g/mol. The van der Waals surface area contributed by atoms with Crippen LogP contribution in [-0.4, -0.2) is 46.9 Å². The van der Waals surface area contributed by atoms with Gasteiger partial charge in [-0.1, -0.05) is 12.1 Å². The van der Waals surface area contributed by atoms with Crippen molar-refractivity contribution < 1.29 is 14.8 Å². The fraction of sp³-hybridized carbons (Fsp3) is 0.700. The van der Waals surface area contributed by atoms with E-state index in [1.165, 1.54) is 7.05 Å². The van der Waals surface area contributed by atoms with Crippen LogP contribution in [0.15, 0.2) is 5.16 Å². The molecule has 1 saturated heterocycles. The van der Waals surface area contributed by atoms with Gasteiger partial charge in [0, 0.05) is 19.5 Å². The van der Waals surface area contributed by atoms with E-state index in [1.54, 1.807) is 0 Å². The molecule has 0 aromatic carbocycles. The summed E-state index contributed by atoms with van der Waals surface area (Å²) in [7, 11) is 1.47. The number of hydrogen-bond acceptors (Lipinski definition) is 5. The molecule has 1 rings (SSSR count). The van der Waals surface area contributed by atoms with E-state index in [4.69, 9.17) is 10.9 Å². The van der Waals surface area contributed by atoms with Gasteiger partial charge in [0.1, 0.15) is 5.84 Å². The number of nitrogens with one attached hydrogen (secondary N) is 1. The summed E-state index contributed by atoms with van der Waals surface area (Å²) in [6.45, 7) is 1.92. The SMILES string of the molecule is CCC(CC(N)=NO)NC1CC(=O)N(C)C1=O. The fourth-order valence-electron chi connectivity index (χ4n) is 1.78. The van der Waals surface area contributed by atoms with Gasteiger partial charge < -0.3 is 16.3 Å². The van der Waals surface area contributed by atoms with Crippen molar-refractivity contribution in [3.8, 4) is 0 Å². The van der Waals surface area contributed by atoms with Crippen molar-refractivity contribution in [2.24, 2.45) is 10.9 Å². The maximum absolute atomic E-state index is 11.7. The summed E-state index contributed by atoms with van der Waals surface area (Å²) in [4.78, 5) is 24.1. The second kappa shape index (κ2) is 5.62. The van der Waals surface area contributed by atoms with Crippen LogP contribution in [0.2, 0.25) is 0 Å². The molecule has 0 aromatic heterocycles. The van der Waals surface area contributed by atoms with Crippen molar-refractivity contribution in [1.82, 2.24) is 10.2 Å². The topological polar surface area (TPSA) is 108 Å². The molecule has 0 aromatic rings. The fourth-order valence-corrected chi connectivity index (χ4v) is 1.78. The van der Waals surface area contributed by atoms with E-state index in [2.05, 4.69) is 10.5 Å². The first kappa shape index (κ1) is 13.4. The highest BCUT2D eigenvalue weighted by atomic mass is 16.4. The van der Waals surface area contributed by atoms with Crippen LogP contribution in [0.5, 0.6) is 0 Å². The Bertz CT molecular complexity index is 342. The summed E-state index contributed by atoms with van der Waals surface area (Å²) in [6.07, 6.45) is 1.23. The predicted octanol–water partition coefficient (Wildman–Crippen LogP) is -0.752. The highest BCUT2D eigenvalue weighted by molar-refractivity contribution is 6.05. The molecule has 96 valence electrons. The molecule has 1 heterocycles. The molecule has 1 aliphatic heterocycles. The number of nitrogens with zero attached hydrogens (tertiary/aromatic N) is 2.